The second kappa shape index (κ2) is 8.17. The summed E-state index contributed by atoms with van der Waals surface area (Å²) < 4.78 is 27.7. The van der Waals surface area contributed by atoms with E-state index in [1.807, 2.05) is 0 Å². The zero-order valence-corrected chi connectivity index (χ0v) is 17.5. The number of rotatable bonds is 5. The lowest BCUT2D eigenvalue weighted by Gasteiger charge is -2.52. The summed E-state index contributed by atoms with van der Waals surface area (Å²) in [5, 5.41) is 13.3. The molecule has 0 saturated carbocycles. The average molecular weight is 436 g/mol. The Labute approximate surface area is 177 Å². The highest BCUT2D eigenvalue weighted by Crippen LogP contribution is 2.41. The number of hydrogen-bond acceptors (Lipinski definition) is 9. The summed E-state index contributed by atoms with van der Waals surface area (Å²) in [4.78, 5) is 34.8. The number of ether oxygens (including phenoxy) is 4. The van der Waals surface area contributed by atoms with E-state index in [9.17, 15) is 19.5 Å². The maximum absolute atomic E-state index is 12.1. The Kier molecular flexibility index (Phi) is 5.94. The molecule has 2 amide bonds. The van der Waals surface area contributed by atoms with Gasteiger partial charge in [0.25, 0.3) is 5.79 Å². The lowest BCUT2D eigenvalue weighted by Crippen LogP contribution is -2.72. The highest BCUT2D eigenvalue weighted by Gasteiger charge is 2.63. The van der Waals surface area contributed by atoms with Crippen LogP contribution in [-0.4, -0.2) is 54.4 Å². The summed E-state index contributed by atoms with van der Waals surface area (Å²) >= 11 is 0. The van der Waals surface area contributed by atoms with Crippen LogP contribution in [0.5, 0.6) is 5.75 Å². The Bertz CT molecular complexity index is 1060. The lowest BCUT2D eigenvalue weighted by molar-refractivity contribution is -0.356. The molecule has 11 heteroatoms. The molecule has 1 fully saturated rings. The van der Waals surface area contributed by atoms with E-state index in [2.05, 4.69) is 5.32 Å². The summed E-state index contributed by atoms with van der Waals surface area (Å²) in [7, 11) is 1.31. The number of hydrogen-bond donors (Lipinski definition) is 3. The van der Waals surface area contributed by atoms with Crippen LogP contribution in [0.4, 0.5) is 10.5 Å². The van der Waals surface area contributed by atoms with Crippen LogP contribution in [0.25, 0.3) is 11.0 Å². The fourth-order valence-corrected chi connectivity index (χ4v) is 3.55. The number of amides is 2. The van der Waals surface area contributed by atoms with Crippen LogP contribution in [0, 0.1) is 0 Å². The van der Waals surface area contributed by atoms with Gasteiger partial charge in [-0.25, -0.2) is 9.59 Å². The van der Waals surface area contributed by atoms with Crippen molar-refractivity contribution < 1.29 is 38.1 Å². The van der Waals surface area contributed by atoms with Crippen LogP contribution in [0.1, 0.15) is 20.8 Å². The molecule has 2 heterocycles. The van der Waals surface area contributed by atoms with Crippen LogP contribution in [0.3, 0.4) is 0 Å². The van der Waals surface area contributed by atoms with Crippen molar-refractivity contribution in [2.45, 2.75) is 44.4 Å². The van der Waals surface area contributed by atoms with Gasteiger partial charge in [0, 0.05) is 25.5 Å². The van der Waals surface area contributed by atoms with Gasteiger partial charge in [-0.05, 0) is 32.0 Å². The number of aliphatic hydroxyl groups excluding tert-OH is 1. The molecule has 0 aliphatic carbocycles. The molecule has 1 aromatic carbocycles. The van der Waals surface area contributed by atoms with E-state index in [-0.39, 0.29) is 23.6 Å². The molecule has 31 heavy (non-hydrogen) atoms. The number of fused-ring (bicyclic) bond motifs is 1. The molecule has 1 aromatic heterocycles. The van der Waals surface area contributed by atoms with Crippen molar-refractivity contribution in [1.82, 2.24) is 0 Å². The van der Waals surface area contributed by atoms with Crippen LogP contribution < -0.4 is 21.4 Å². The van der Waals surface area contributed by atoms with Crippen molar-refractivity contribution in [3.05, 3.63) is 34.7 Å². The van der Waals surface area contributed by atoms with E-state index in [4.69, 9.17) is 29.1 Å². The van der Waals surface area contributed by atoms with Crippen LogP contribution in [-0.2, 0) is 19.0 Å². The Hall–Kier alpha value is -3.15. The topological polar surface area (TPSA) is 160 Å². The molecule has 11 nitrogen and oxygen atoms in total. The highest BCUT2D eigenvalue weighted by molar-refractivity contribution is 5.91. The number of carbonyl (C=O) groups is 2. The molecule has 1 aliphatic rings. The number of aliphatic hydroxyl groups is 1. The maximum Gasteiger partial charge on any atom is 0.405 e. The maximum atomic E-state index is 12.1. The third-order valence-corrected chi connectivity index (χ3v) is 5.01. The summed E-state index contributed by atoms with van der Waals surface area (Å²) in [5.41, 5.74) is 3.42. The molecular weight excluding hydrogens is 412 g/mol. The monoisotopic (exact) mass is 436 g/mol. The van der Waals surface area contributed by atoms with Gasteiger partial charge in [0.1, 0.15) is 28.7 Å². The van der Waals surface area contributed by atoms with Gasteiger partial charge in [0.05, 0.1) is 6.61 Å². The standard InChI is InChI=1S/C20H24N2O9/c1-10(23)22-13-7-11-5-6-12(8-15(11)29-17(13)25)31-20(27-4)16(30-18(21)26)14(24)9-28-19(20,2)3/h5-8,14,16,24H,9H2,1-4H3,(H2,21,26)(H,22,23). The number of benzene rings is 1. The van der Waals surface area contributed by atoms with Gasteiger partial charge in [-0.15, -0.1) is 0 Å². The third-order valence-electron chi connectivity index (χ3n) is 5.01. The fraction of sp³-hybridized carbons (Fsp3) is 0.450. The molecule has 0 spiro atoms. The van der Waals surface area contributed by atoms with Gasteiger partial charge in [-0.2, -0.15) is 0 Å². The molecule has 3 rings (SSSR count). The summed E-state index contributed by atoms with van der Waals surface area (Å²) in [6.07, 6.45) is -3.72. The Morgan fingerprint density at radius 2 is 2.00 bits per heavy atom. The fourth-order valence-electron chi connectivity index (χ4n) is 3.55. The highest BCUT2D eigenvalue weighted by atomic mass is 16.7. The van der Waals surface area contributed by atoms with Crippen LogP contribution >= 0.6 is 0 Å². The predicted octanol–water partition coefficient (Wildman–Crippen LogP) is 1.11. The number of nitrogens with one attached hydrogen (secondary N) is 1. The second-order valence-corrected chi connectivity index (χ2v) is 7.55. The molecule has 4 N–H and O–H groups in total. The molecule has 1 saturated heterocycles. The van der Waals surface area contributed by atoms with Gasteiger partial charge in [-0.3, -0.25) is 4.79 Å². The zero-order valence-electron chi connectivity index (χ0n) is 17.5. The first-order valence-corrected chi connectivity index (χ1v) is 9.37. The van der Waals surface area contributed by atoms with Gasteiger partial charge in [0.15, 0.2) is 6.10 Å². The van der Waals surface area contributed by atoms with E-state index in [0.717, 1.165) is 0 Å². The van der Waals surface area contributed by atoms with Crippen molar-refractivity contribution in [3.63, 3.8) is 0 Å². The van der Waals surface area contributed by atoms with Gasteiger partial charge >= 0.3 is 11.7 Å². The quantitative estimate of drug-likeness (QED) is 0.461. The van der Waals surface area contributed by atoms with Gasteiger partial charge < -0.3 is 39.5 Å². The smallest absolute Gasteiger partial charge is 0.405 e. The summed E-state index contributed by atoms with van der Waals surface area (Å²) in [6, 6.07) is 6.04. The molecule has 3 unspecified atom stereocenters. The van der Waals surface area contributed by atoms with E-state index in [0.29, 0.717) is 5.39 Å². The lowest BCUT2D eigenvalue weighted by atomic mass is 9.85. The number of nitrogens with two attached hydrogens (primary N) is 1. The minimum atomic E-state index is -1.79. The molecule has 0 bridgehead atoms. The number of carbonyl (C=O) groups excluding carboxylic acids is 2. The molecule has 0 radical (unpaired) electrons. The minimum Gasteiger partial charge on any atom is -0.455 e. The first kappa shape index (κ1) is 22.5. The molecular formula is C20H24N2O9. The van der Waals surface area contributed by atoms with Crippen molar-refractivity contribution in [2.75, 3.05) is 19.0 Å². The van der Waals surface area contributed by atoms with E-state index in [1.54, 1.807) is 26.0 Å². The zero-order chi connectivity index (χ0) is 23.0. The average Bonchev–Trinajstić information content (AvgIpc) is 2.68. The van der Waals surface area contributed by atoms with Crippen molar-refractivity contribution >= 4 is 28.7 Å². The molecule has 3 atom stereocenters. The Balaban J connectivity index is 2.04. The molecule has 2 aromatic rings. The Morgan fingerprint density at radius 1 is 1.29 bits per heavy atom. The summed E-state index contributed by atoms with van der Waals surface area (Å²) in [6.45, 7) is 4.41. The van der Waals surface area contributed by atoms with Crippen LogP contribution in [0.2, 0.25) is 0 Å². The second-order valence-electron chi connectivity index (χ2n) is 7.55. The Morgan fingerprint density at radius 3 is 2.61 bits per heavy atom. The predicted molar refractivity (Wildman–Crippen MR) is 108 cm³/mol. The first-order valence-electron chi connectivity index (χ1n) is 9.37. The number of primary amides is 1. The number of methoxy groups -OCH3 is 1. The van der Waals surface area contributed by atoms with Crippen molar-refractivity contribution in [3.8, 4) is 5.75 Å². The van der Waals surface area contributed by atoms with Crippen molar-refractivity contribution in [1.29, 1.82) is 0 Å². The van der Waals surface area contributed by atoms with Crippen LogP contribution in [0.15, 0.2) is 33.5 Å². The normalized spacial score (nSPS) is 25.1. The largest absolute Gasteiger partial charge is 0.455 e. The number of anilines is 1. The van der Waals surface area contributed by atoms with E-state index < -0.39 is 41.2 Å². The minimum absolute atomic E-state index is 0.00175. The SMILES string of the molecule is COC1(Oc2ccc3cc(NC(C)=O)c(=O)oc3c2)C(OC(N)=O)C(O)COC1(C)C. The first-order chi connectivity index (χ1) is 14.5. The van der Waals surface area contributed by atoms with E-state index >= 15 is 0 Å². The van der Waals surface area contributed by atoms with Gasteiger partial charge in [-0.1, -0.05) is 0 Å². The summed E-state index contributed by atoms with van der Waals surface area (Å²) in [5.74, 6) is -2.02. The molecule has 168 valence electrons. The van der Waals surface area contributed by atoms with Crippen molar-refractivity contribution in [2.24, 2.45) is 5.73 Å². The molecule has 1 aliphatic heterocycles. The third kappa shape index (κ3) is 4.20. The van der Waals surface area contributed by atoms with E-state index in [1.165, 1.54) is 26.2 Å². The van der Waals surface area contributed by atoms with Gasteiger partial charge in [0.2, 0.25) is 5.91 Å².